The molecule has 0 aliphatic carbocycles. The summed E-state index contributed by atoms with van der Waals surface area (Å²) in [5.74, 6) is -0.140. The molecule has 0 spiro atoms. The highest BCUT2D eigenvalue weighted by Gasteiger charge is 2.20. The molecule has 0 aliphatic heterocycles. The summed E-state index contributed by atoms with van der Waals surface area (Å²) < 4.78 is 0. The summed E-state index contributed by atoms with van der Waals surface area (Å²) in [5, 5.41) is 2.40. The Morgan fingerprint density at radius 2 is 1.42 bits per heavy atom. The minimum Gasteiger partial charge on any atom is -0.291 e. The number of para-hydroxylation sites is 3. The standard InChI is InChI=1S/C22H17N3O/c26-22(20-15-16-23-21-14-8-7-13-19(20)21)25(18-11-5-2-6-12-18)24-17-9-3-1-4-10-17/h1-16,24H. The number of nitrogens with one attached hydrogen (secondary N) is 1. The van der Waals surface area contributed by atoms with E-state index in [1.807, 2.05) is 84.9 Å². The molecule has 0 fully saturated rings. The number of carbonyl (C=O) groups excluding carboxylic acids is 1. The third kappa shape index (κ3) is 3.13. The zero-order chi connectivity index (χ0) is 17.8. The number of nitrogens with zero attached hydrogens (tertiary/aromatic N) is 2. The van der Waals surface area contributed by atoms with Gasteiger partial charge in [0.2, 0.25) is 0 Å². The SMILES string of the molecule is O=C(c1ccnc2ccccc12)N(Nc1ccccc1)c1ccccc1. The van der Waals surface area contributed by atoms with Gasteiger partial charge in [-0.25, -0.2) is 5.01 Å². The molecule has 1 N–H and O–H groups in total. The number of rotatable bonds is 4. The second-order valence-electron chi connectivity index (χ2n) is 5.83. The fraction of sp³-hybridized carbons (Fsp3) is 0. The third-order valence-corrected chi connectivity index (χ3v) is 4.11. The topological polar surface area (TPSA) is 45.2 Å². The van der Waals surface area contributed by atoms with Crippen LogP contribution in [0, 0.1) is 0 Å². The predicted octanol–water partition coefficient (Wildman–Crippen LogP) is 4.91. The number of hydrogen-bond acceptors (Lipinski definition) is 3. The second kappa shape index (κ2) is 7.07. The van der Waals surface area contributed by atoms with E-state index >= 15 is 0 Å². The predicted molar refractivity (Wildman–Crippen MR) is 105 cm³/mol. The van der Waals surface area contributed by atoms with Gasteiger partial charge in [-0.3, -0.25) is 15.2 Å². The van der Waals surface area contributed by atoms with E-state index in [-0.39, 0.29) is 5.91 Å². The molecule has 1 heterocycles. The van der Waals surface area contributed by atoms with Gasteiger partial charge in [0.1, 0.15) is 0 Å². The molecular weight excluding hydrogens is 322 g/mol. The highest BCUT2D eigenvalue weighted by atomic mass is 16.2. The molecule has 4 heteroatoms. The number of benzene rings is 3. The van der Waals surface area contributed by atoms with Crippen molar-refractivity contribution < 1.29 is 4.79 Å². The molecule has 0 atom stereocenters. The van der Waals surface area contributed by atoms with Crippen LogP contribution in [0.2, 0.25) is 0 Å². The van der Waals surface area contributed by atoms with E-state index in [0.717, 1.165) is 22.3 Å². The largest absolute Gasteiger partial charge is 0.291 e. The number of hydrogen-bond donors (Lipinski definition) is 1. The van der Waals surface area contributed by atoms with Crippen LogP contribution in [0.3, 0.4) is 0 Å². The maximum atomic E-state index is 13.4. The number of carbonyl (C=O) groups is 1. The zero-order valence-electron chi connectivity index (χ0n) is 14.0. The highest BCUT2D eigenvalue weighted by Crippen LogP contribution is 2.23. The summed E-state index contributed by atoms with van der Waals surface area (Å²) in [6, 6.07) is 28.6. The van der Waals surface area contributed by atoms with Gasteiger partial charge >= 0.3 is 0 Å². The maximum Gasteiger partial charge on any atom is 0.277 e. The molecule has 0 saturated heterocycles. The average Bonchev–Trinajstić information content (AvgIpc) is 2.72. The summed E-state index contributed by atoms with van der Waals surface area (Å²) in [4.78, 5) is 17.7. The molecule has 1 amide bonds. The molecule has 4 rings (SSSR count). The van der Waals surface area contributed by atoms with Crippen molar-refractivity contribution in [1.82, 2.24) is 4.98 Å². The molecular formula is C22H17N3O. The summed E-state index contributed by atoms with van der Waals surface area (Å²) in [6.45, 7) is 0. The molecule has 4 aromatic rings. The lowest BCUT2D eigenvalue weighted by molar-refractivity contribution is 0.0994. The summed E-state index contributed by atoms with van der Waals surface area (Å²) in [5.41, 5.74) is 6.22. The average molecular weight is 339 g/mol. The Hall–Kier alpha value is -3.66. The molecule has 3 aromatic carbocycles. The van der Waals surface area contributed by atoms with Crippen molar-refractivity contribution in [3.63, 3.8) is 0 Å². The Kier molecular flexibility index (Phi) is 4.31. The van der Waals surface area contributed by atoms with E-state index in [1.165, 1.54) is 0 Å². The van der Waals surface area contributed by atoms with Gasteiger partial charge in [-0.05, 0) is 36.4 Å². The molecule has 0 bridgehead atoms. The first kappa shape index (κ1) is 15.8. The molecule has 126 valence electrons. The minimum absolute atomic E-state index is 0.140. The third-order valence-electron chi connectivity index (χ3n) is 4.11. The van der Waals surface area contributed by atoms with Gasteiger partial charge in [0.25, 0.3) is 5.91 Å². The molecule has 26 heavy (non-hydrogen) atoms. The fourth-order valence-electron chi connectivity index (χ4n) is 2.85. The Morgan fingerprint density at radius 1 is 0.769 bits per heavy atom. The van der Waals surface area contributed by atoms with Crippen LogP contribution in [-0.2, 0) is 0 Å². The van der Waals surface area contributed by atoms with Gasteiger partial charge in [0, 0.05) is 11.6 Å². The quantitative estimate of drug-likeness (QED) is 0.537. The van der Waals surface area contributed by atoms with Crippen molar-refractivity contribution >= 4 is 28.2 Å². The van der Waals surface area contributed by atoms with Crippen LogP contribution in [0.5, 0.6) is 0 Å². The second-order valence-corrected chi connectivity index (χ2v) is 5.83. The minimum atomic E-state index is -0.140. The van der Waals surface area contributed by atoms with E-state index < -0.39 is 0 Å². The lowest BCUT2D eigenvalue weighted by Crippen LogP contribution is -2.36. The molecule has 0 aliphatic rings. The smallest absolute Gasteiger partial charge is 0.277 e. The summed E-state index contributed by atoms with van der Waals surface area (Å²) in [7, 11) is 0. The molecule has 4 nitrogen and oxygen atoms in total. The summed E-state index contributed by atoms with van der Waals surface area (Å²) in [6.07, 6.45) is 1.67. The number of aromatic nitrogens is 1. The van der Waals surface area contributed by atoms with Gasteiger partial charge in [0.15, 0.2) is 0 Å². The number of hydrazine groups is 1. The first-order chi connectivity index (χ1) is 12.8. The van der Waals surface area contributed by atoms with Crippen molar-refractivity contribution in [2.75, 3.05) is 10.4 Å². The molecule has 1 aromatic heterocycles. The lowest BCUT2D eigenvalue weighted by atomic mass is 10.1. The molecule has 0 saturated carbocycles. The highest BCUT2D eigenvalue weighted by molar-refractivity contribution is 6.14. The van der Waals surface area contributed by atoms with E-state index in [4.69, 9.17) is 0 Å². The van der Waals surface area contributed by atoms with Gasteiger partial charge in [-0.2, -0.15) is 0 Å². The number of amides is 1. The number of anilines is 2. The van der Waals surface area contributed by atoms with E-state index in [0.29, 0.717) is 5.56 Å². The van der Waals surface area contributed by atoms with Crippen molar-refractivity contribution in [1.29, 1.82) is 0 Å². The Morgan fingerprint density at radius 3 is 2.19 bits per heavy atom. The lowest BCUT2D eigenvalue weighted by Gasteiger charge is -2.25. The van der Waals surface area contributed by atoms with E-state index in [2.05, 4.69) is 10.4 Å². The van der Waals surface area contributed by atoms with Crippen LogP contribution in [0.1, 0.15) is 10.4 Å². The van der Waals surface area contributed by atoms with Crippen molar-refractivity contribution in [3.8, 4) is 0 Å². The maximum absolute atomic E-state index is 13.4. The first-order valence-electron chi connectivity index (χ1n) is 8.38. The van der Waals surface area contributed by atoms with Crippen LogP contribution in [0.25, 0.3) is 10.9 Å². The Bertz CT molecular complexity index is 1030. The van der Waals surface area contributed by atoms with Gasteiger partial charge in [-0.15, -0.1) is 0 Å². The van der Waals surface area contributed by atoms with Crippen LogP contribution in [0.4, 0.5) is 11.4 Å². The summed E-state index contributed by atoms with van der Waals surface area (Å²) >= 11 is 0. The first-order valence-corrected chi connectivity index (χ1v) is 8.38. The van der Waals surface area contributed by atoms with Crippen LogP contribution < -0.4 is 10.4 Å². The van der Waals surface area contributed by atoms with Crippen molar-refractivity contribution in [3.05, 3.63) is 103 Å². The Labute approximate surface area is 151 Å². The van der Waals surface area contributed by atoms with Crippen LogP contribution in [0.15, 0.2) is 97.2 Å². The van der Waals surface area contributed by atoms with E-state index in [1.54, 1.807) is 17.3 Å². The van der Waals surface area contributed by atoms with Crippen LogP contribution in [-0.4, -0.2) is 10.9 Å². The zero-order valence-corrected chi connectivity index (χ0v) is 14.0. The molecule has 0 radical (unpaired) electrons. The van der Waals surface area contributed by atoms with Gasteiger partial charge in [-0.1, -0.05) is 54.6 Å². The molecule has 0 unspecified atom stereocenters. The fourth-order valence-corrected chi connectivity index (χ4v) is 2.85. The number of fused-ring (bicyclic) bond motifs is 1. The monoisotopic (exact) mass is 339 g/mol. The normalized spacial score (nSPS) is 10.5. The van der Waals surface area contributed by atoms with Crippen molar-refractivity contribution in [2.24, 2.45) is 0 Å². The van der Waals surface area contributed by atoms with Crippen molar-refractivity contribution in [2.45, 2.75) is 0 Å². The van der Waals surface area contributed by atoms with E-state index in [9.17, 15) is 4.79 Å². The van der Waals surface area contributed by atoms with Gasteiger partial charge < -0.3 is 0 Å². The Balaban J connectivity index is 1.79. The van der Waals surface area contributed by atoms with Crippen LogP contribution >= 0.6 is 0 Å². The van der Waals surface area contributed by atoms with Gasteiger partial charge in [0.05, 0.1) is 22.5 Å². The number of pyridine rings is 1.